The minimum atomic E-state index is -0.794. The van der Waals surface area contributed by atoms with Crippen molar-refractivity contribution in [3.63, 3.8) is 0 Å². The monoisotopic (exact) mass is 487 g/mol. The molecule has 0 bridgehead atoms. The van der Waals surface area contributed by atoms with Crippen molar-refractivity contribution in [2.24, 2.45) is 11.8 Å². The highest BCUT2D eigenvalue weighted by atomic mass is 16.6. The van der Waals surface area contributed by atoms with Gasteiger partial charge in [-0.3, -0.25) is 9.59 Å². The first-order valence-corrected chi connectivity index (χ1v) is 12.8. The van der Waals surface area contributed by atoms with E-state index < -0.39 is 23.8 Å². The van der Waals surface area contributed by atoms with Crippen LogP contribution in [0.3, 0.4) is 0 Å². The van der Waals surface area contributed by atoms with Gasteiger partial charge in [-0.05, 0) is 84.3 Å². The smallest absolute Gasteiger partial charge is 0.408 e. The third kappa shape index (κ3) is 8.25. The van der Waals surface area contributed by atoms with Crippen molar-refractivity contribution in [2.45, 2.75) is 112 Å². The highest BCUT2D eigenvalue weighted by Gasteiger charge is 2.48. The third-order valence-corrected chi connectivity index (χ3v) is 6.06. The van der Waals surface area contributed by atoms with E-state index in [0.717, 1.165) is 23.1 Å². The van der Waals surface area contributed by atoms with Crippen LogP contribution in [0.5, 0.6) is 0 Å². The van der Waals surface area contributed by atoms with Gasteiger partial charge in [0.15, 0.2) is 0 Å². The maximum absolute atomic E-state index is 14.2. The fraction of sp³-hybridized carbons (Fsp3) is 0.679. The number of nitrogens with zero attached hydrogens (tertiary/aromatic N) is 1. The first-order valence-electron chi connectivity index (χ1n) is 12.8. The second kappa shape index (κ2) is 11.4. The predicted molar refractivity (Wildman–Crippen MR) is 139 cm³/mol. The van der Waals surface area contributed by atoms with Crippen molar-refractivity contribution in [3.05, 3.63) is 34.9 Å². The first-order chi connectivity index (χ1) is 16.1. The Kier molecular flexibility index (Phi) is 9.37. The number of aryl methyl sites for hydroxylation is 2. The fourth-order valence-corrected chi connectivity index (χ4v) is 4.33. The summed E-state index contributed by atoms with van der Waals surface area (Å²) in [7, 11) is 0. The molecule has 0 spiro atoms. The quantitative estimate of drug-likeness (QED) is 0.510. The van der Waals surface area contributed by atoms with E-state index in [9.17, 15) is 14.4 Å². The third-order valence-electron chi connectivity index (χ3n) is 6.06. The second-order valence-corrected chi connectivity index (χ2v) is 11.8. The van der Waals surface area contributed by atoms with E-state index in [1.54, 1.807) is 25.7 Å². The van der Waals surface area contributed by atoms with Gasteiger partial charge in [-0.25, -0.2) is 4.79 Å². The van der Waals surface area contributed by atoms with Gasteiger partial charge in [0.1, 0.15) is 17.7 Å². The highest BCUT2D eigenvalue weighted by Crippen LogP contribution is 2.41. The highest BCUT2D eigenvalue weighted by molar-refractivity contribution is 5.93. The number of amides is 3. The van der Waals surface area contributed by atoms with Gasteiger partial charge in [0.05, 0.1) is 0 Å². The van der Waals surface area contributed by atoms with E-state index in [0.29, 0.717) is 6.42 Å². The predicted octanol–water partition coefficient (Wildman–Crippen LogP) is 5.05. The Morgan fingerprint density at radius 3 is 2.17 bits per heavy atom. The summed E-state index contributed by atoms with van der Waals surface area (Å²) in [6, 6.07) is 4.27. The molecule has 1 fully saturated rings. The topological polar surface area (TPSA) is 87.7 Å². The van der Waals surface area contributed by atoms with E-state index in [1.165, 1.54) is 0 Å². The van der Waals surface area contributed by atoms with Gasteiger partial charge < -0.3 is 20.3 Å². The van der Waals surface area contributed by atoms with Crippen molar-refractivity contribution in [2.75, 3.05) is 0 Å². The van der Waals surface area contributed by atoms with Gasteiger partial charge in [0, 0.05) is 12.1 Å². The summed E-state index contributed by atoms with van der Waals surface area (Å²) >= 11 is 0. The zero-order chi connectivity index (χ0) is 26.7. The lowest BCUT2D eigenvalue weighted by atomic mass is 9.94. The Morgan fingerprint density at radius 2 is 1.69 bits per heavy atom. The number of benzene rings is 1. The maximum atomic E-state index is 14.2. The van der Waals surface area contributed by atoms with Crippen molar-refractivity contribution in [1.29, 1.82) is 0 Å². The van der Waals surface area contributed by atoms with Gasteiger partial charge in [0.25, 0.3) is 0 Å². The average Bonchev–Trinajstić information content (AvgIpc) is 3.40. The van der Waals surface area contributed by atoms with Gasteiger partial charge in [-0.2, -0.15) is 0 Å². The number of carbonyl (C=O) groups is 3. The zero-order valence-corrected chi connectivity index (χ0v) is 23.2. The first kappa shape index (κ1) is 28.7. The molecule has 0 aliphatic heterocycles. The van der Waals surface area contributed by atoms with Gasteiger partial charge in [0.2, 0.25) is 11.8 Å². The summed E-state index contributed by atoms with van der Waals surface area (Å²) in [5.41, 5.74) is 2.11. The SMILES string of the molecule is Cc1ccc(C)c(C(C(=O)NC(C)C)N(C(=O)C(CC(C)C)NC(=O)OC(C)(C)C)C2CC2C)c1. The summed E-state index contributed by atoms with van der Waals surface area (Å²) in [5, 5.41) is 5.84. The van der Waals surface area contributed by atoms with Crippen LogP contribution in [0.4, 0.5) is 4.79 Å². The summed E-state index contributed by atoms with van der Waals surface area (Å²) in [4.78, 5) is 42.2. The molecule has 2 rings (SSSR count). The number of ether oxygens (including phenoxy) is 1. The molecule has 3 amide bonds. The Labute approximate surface area is 211 Å². The molecule has 4 unspecified atom stereocenters. The van der Waals surface area contributed by atoms with E-state index in [4.69, 9.17) is 4.74 Å². The Morgan fingerprint density at radius 1 is 1.09 bits per heavy atom. The summed E-state index contributed by atoms with van der Waals surface area (Å²) in [6.45, 7) is 19.2. The molecule has 0 saturated heterocycles. The van der Waals surface area contributed by atoms with E-state index in [1.807, 2.05) is 59.7 Å². The van der Waals surface area contributed by atoms with E-state index >= 15 is 0 Å². The summed E-state index contributed by atoms with van der Waals surface area (Å²) in [6.07, 6.45) is 0.638. The Hall–Kier alpha value is -2.57. The molecule has 196 valence electrons. The molecule has 1 aromatic rings. The van der Waals surface area contributed by atoms with Crippen molar-refractivity contribution in [3.8, 4) is 0 Å². The van der Waals surface area contributed by atoms with Crippen LogP contribution in [-0.2, 0) is 14.3 Å². The van der Waals surface area contributed by atoms with Crippen LogP contribution in [0.2, 0.25) is 0 Å². The van der Waals surface area contributed by atoms with Gasteiger partial charge in [-0.15, -0.1) is 0 Å². The van der Waals surface area contributed by atoms with Crippen molar-refractivity contribution >= 4 is 17.9 Å². The van der Waals surface area contributed by atoms with Gasteiger partial charge >= 0.3 is 6.09 Å². The molecule has 2 N–H and O–H groups in total. The zero-order valence-electron chi connectivity index (χ0n) is 23.2. The maximum Gasteiger partial charge on any atom is 0.408 e. The molecule has 1 aromatic carbocycles. The standard InChI is InChI=1S/C28H45N3O4/c1-16(2)13-22(30-27(34)35-28(8,9)10)26(33)31(23-15-20(23)7)24(25(32)29-17(3)4)21-14-18(5)11-12-19(21)6/h11-12,14,16-17,20,22-24H,13,15H2,1-10H3,(H,29,32)(H,30,34). The van der Waals surface area contributed by atoms with Crippen LogP contribution in [0.15, 0.2) is 18.2 Å². The fourth-order valence-electron chi connectivity index (χ4n) is 4.33. The number of alkyl carbamates (subject to hydrolysis) is 1. The molecule has 35 heavy (non-hydrogen) atoms. The summed E-state index contributed by atoms with van der Waals surface area (Å²) in [5.74, 6) is -0.0221. The molecule has 0 aromatic heterocycles. The molecular weight excluding hydrogens is 442 g/mol. The lowest BCUT2D eigenvalue weighted by Gasteiger charge is -2.36. The lowest BCUT2D eigenvalue weighted by Crippen LogP contribution is -2.55. The number of hydrogen-bond donors (Lipinski definition) is 2. The Bertz CT molecular complexity index is 919. The van der Waals surface area contributed by atoms with Crippen LogP contribution in [0.25, 0.3) is 0 Å². The summed E-state index contributed by atoms with van der Waals surface area (Å²) < 4.78 is 5.46. The normalized spacial score (nSPS) is 19.2. The molecule has 4 atom stereocenters. The van der Waals surface area contributed by atoms with Crippen molar-refractivity contribution < 1.29 is 19.1 Å². The van der Waals surface area contributed by atoms with E-state index in [-0.39, 0.29) is 35.7 Å². The molecule has 7 nitrogen and oxygen atoms in total. The van der Waals surface area contributed by atoms with Crippen molar-refractivity contribution in [1.82, 2.24) is 15.5 Å². The molecule has 1 aliphatic carbocycles. The molecule has 1 aliphatic rings. The molecular formula is C28H45N3O4. The van der Waals surface area contributed by atoms with E-state index in [2.05, 4.69) is 17.6 Å². The number of rotatable bonds is 9. The second-order valence-electron chi connectivity index (χ2n) is 11.8. The molecule has 0 radical (unpaired) electrons. The minimum absolute atomic E-state index is 0.0691. The van der Waals surface area contributed by atoms with Crippen LogP contribution in [-0.4, -0.2) is 46.5 Å². The molecule has 1 saturated carbocycles. The average molecular weight is 488 g/mol. The lowest BCUT2D eigenvalue weighted by molar-refractivity contribution is -0.144. The number of hydrogen-bond acceptors (Lipinski definition) is 4. The van der Waals surface area contributed by atoms with Crippen LogP contribution in [0, 0.1) is 25.7 Å². The van der Waals surface area contributed by atoms with Crippen LogP contribution in [0.1, 0.15) is 91.0 Å². The Balaban J connectivity index is 2.54. The van der Waals surface area contributed by atoms with Crippen LogP contribution >= 0.6 is 0 Å². The van der Waals surface area contributed by atoms with Crippen LogP contribution < -0.4 is 10.6 Å². The molecule has 7 heteroatoms. The minimum Gasteiger partial charge on any atom is -0.444 e. The largest absolute Gasteiger partial charge is 0.444 e. The van der Waals surface area contributed by atoms with Gasteiger partial charge in [-0.1, -0.05) is 44.5 Å². The molecule has 0 heterocycles. The number of nitrogens with one attached hydrogen (secondary N) is 2. The number of carbonyl (C=O) groups excluding carboxylic acids is 3.